The summed E-state index contributed by atoms with van der Waals surface area (Å²) in [5, 5.41) is 9.30. The summed E-state index contributed by atoms with van der Waals surface area (Å²) in [7, 11) is 1.56. The molecule has 30 heavy (non-hydrogen) atoms. The van der Waals surface area contributed by atoms with E-state index in [1.54, 1.807) is 31.0 Å². The summed E-state index contributed by atoms with van der Waals surface area (Å²) in [6, 6.07) is 10.4. The van der Waals surface area contributed by atoms with Gasteiger partial charge in [-0.05, 0) is 54.1 Å². The highest BCUT2D eigenvalue weighted by Gasteiger charge is 2.08. The van der Waals surface area contributed by atoms with Gasteiger partial charge < -0.3 is 20.7 Å². The molecule has 2 aromatic carbocycles. The molecule has 0 saturated heterocycles. The van der Waals surface area contributed by atoms with Crippen LogP contribution in [0.5, 0.6) is 5.75 Å². The number of nitrogens with zero attached hydrogens (tertiary/aromatic N) is 1. The van der Waals surface area contributed by atoms with E-state index in [4.69, 9.17) is 4.74 Å². The van der Waals surface area contributed by atoms with Crippen LogP contribution in [0.1, 0.15) is 30.5 Å². The van der Waals surface area contributed by atoms with E-state index < -0.39 is 0 Å². The zero-order valence-electron chi connectivity index (χ0n) is 17.8. The largest absolute Gasteiger partial charge is 0.495 e. The van der Waals surface area contributed by atoms with Gasteiger partial charge in [0.1, 0.15) is 11.6 Å². The van der Waals surface area contributed by atoms with Gasteiger partial charge in [0.2, 0.25) is 5.91 Å². The maximum atomic E-state index is 13.6. The van der Waals surface area contributed by atoms with Crippen LogP contribution < -0.4 is 20.7 Å². The van der Waals surface area contributed by atoms with E-state index in [0.717, 1.165) is 22.4 Å². The van der Waals surface area contributed by atoms with Gasteiger partial charge in [-0.1, -0.05) is 12.1 Å². The molecule has 0 aliphatic heterocycles. The number of rotatable bonds is 9. The molecule has 0 spiro atoms. The van der Waals surface area contributed by atoms with Crippen molar-refractivity contribution in [3.63, 3.8) is 0 Å². The molecule has 0 bridgehead atoms. The van der Waals surface area contributed by atoms with E-state index >= 15 is 0 Å². The minimum atomic E-state index is -0.224. The number of guanidine groups is 1. The van der Waals surface area contributed by atoms with Crippen molar-refractivity contribution in [3.8, 4) is 5.75 Å². The number of halogens is 1. The summed E-state index contributed by atoms with van der Waals surface area (Å²) in [5.41, 5.74) is 3.56. The summed E-state index contributed by atoms with van der Waals surface area (Å²) in [6.07, 6.45) is 2.00. The third-order valence-electron chi connectivity index (χ3n) is 4.25. The highest BCUT2D eigenvalue weighted by molar-refractivity contribution is 7.97. The molecule has 0 saturated carbocycles. The van der Waals surface area contributed by atoms with E-state index in [1.807, 2.05) is 31.4 Å². The molecule has 0 radical (unpaired) electrons. The summed E-state index contributed by atoms with van der Waals surface area (Å²) in [5.74, 6) is 1.62. The van der Waals surface area contributed by atoms with Crippen LogP contribution in [0.4, 0.5) is 10.1 Å². The van der Waals surface area contributed by atoms with Crippen LogP contribution in [-0.2, 0) is 23.6 Å². The first-order valence-corrected chi connectivity index (χ1v) is 11.1. The topological polar surface area (TPSA) is 74.8 Å². The van der Waals surface area contributed by atoms with Gasteiger partial charge >= 0.3 is 0 Å². The molecule has 0 unspecified atom stereocenters. The molecule has 3 N–H and O–H groups in total. The number of nitrogens with one attached hydrogen (secondary N) is 3. The molecule has 0 aromatic heterocycles. The van der Waals surface area contributed by atoms with Gasteiger partial charge in [0.05, 0.1) is 19.3 Å². The average molecular weight is 433 g/mol. The van der Waals surface area contributed by atoms with Crippen molar-refractivity contribution in [2.75, 3.05) is 25.2 Å². The lowest BCUT2D eigenvalue weighted by Crippen LogP contribution is -2.37. The Bertz CT molecular complexity index is 889. The monoisotopic (exact) mass is 432 g/mol. The molecule has 0 atom stereocenters. The standard InChI is InChI=1S/C22H29FN4O2S/c1-5-24-22(26-13-17-7-8-19(23)11-18(17)14-30-4)25-12-16-6-9-21(29-3)20(10-16)27-15(2)28/h6-11H,5,12-14H2,1-4H3,(H,27,28)(H2,24,25,26). The predicted molar refractivity (Wildman–Crippen MR) is 123 cm³/mol. The van der Waals surface area contributed by atoms with Crippen molar-refractivity contribution in [1.82, 2.24) is 10.6 Å². The van der Waals surface area contributed by atoms with Gasteiger partial charge in [0.25, 0.3) is 0 Å². The van der Waals surface area contributed by atoms with Crippen LogP contribution >= 0.6 is 11.8 Å². The molecule has 1 amide bonds. The lowest BCUT2D eigenvalue weighted by atomic mass is 10.1. The van der Waals surface area contributed by atoms with E-state index in [-0.39, 0.29) is 11.7 Å². The van der Waals surface area contributed by atoms with Gasteiger partial charge in [-0.2, -0.15) is 11.8 Å². The van der Waals surface area contributed by atoms with Crippen molar-refractivity contribution >= 4 is 29.3 Å². The van der Waals surface area contributed by atoms with E-state index in [1.165, 1.54) is 13.0 Å². The summed E-state index contributed by atoms with van der Waals surface area (Å²) < 4.78 is 18.9. The smallest absolute Gasteiger partial charge is 0.221 e. The van der Waals surface area contributed by atoms with Gasteiger partial charge in [0, 0.05) is 25.8 Å². The van der Waals surface area contributed by atoms with Crippen molar-refractivity contribution in [2.45, 2.75) is 32.7 Å². The lowest BCUT2D eigenvalue weighted by Gasteiger charge is -2.14. The number of thioether (sulfide) groups is 1. The maximum Gasteiger partial charge on any atom is 0.221 e. The van der Waals surface area contributed by atoms with Gasteiger partial charge in [-0.3, -0.25) is 4.79 Å². The normalized spacial score (nSPS) is 11.2. The van der Waals surface area contributed by atoms with Crippen LogP contribution in [0.3, 0.4) is 0 Å². The Labute approximate surface area is 181 Å². The summed E-state index contributed by atoms with van der Waals surface area (Å²) in [6.45, 7) is 5.14. The Morgan fingerprint density at radius 3 is 2.63 bits per heavy atom. The van der Waals surface area contributed by atoms with Crippen molar-refractivity contribution < 1.29 is 13.9 Å². The number of benzene rings is 2. The number of anilines is 1. The molecule has 6 nitrogen and oxygen atoms in total. The van der Waals surface area contributed by atoms with Crippen LogP contribution in [0, 0.1) is 5.82 Å². The Kier molecular flexibility index (Phi) is 9.47. The number of carbonyl (C=O) groups excluding carboxylic acids is 1. The fraction of sp³-hybridized carbons (Fsp3) is 0.364. The summed E-state index contributed by atoms with van der Waals surface area (Å²) >= 11 is 1.66. The lowest BCUT2D eigenvalue weighted by molar-refractivity contribution is -0.114. The third-order valence-corrected chi connectivity index (χ3v) is 4.85. The van der Waals surface area contributed by atoms with Gasteiger partial charge in [-0.25, -0.2) is 9.38 Å². The Hall–Kier alpha value is -2.74. The minimum Gasteiger partial charge on any atom is -0.495 e. The van der Waals surface area contributed by atoms with Crippen LogP contribution in [-0.4, -0.2) is 31.8 Å². The predicted octanol–water partition coefficient (Wildman–Crippen LogP) is 3.91. The highest BCUT2D eigenvalue weighted by Crippen LogP contribution is 2.25. The number of carbonyl (C=O) groups is 1. The number of hydrogen-bond donors (Lipinski definition) is 3. The third kappa shape index (κ3) is 7.26. The summed E-state index contributed by atoms with van der Waals surface area (Å²) in [4.78, 5) is 16.0. The molecular weight excluding hydrogens is 403 g/mol. The van der Waals surface area contributed by atoms with E-state index in [0.29, 0.717) is 37.0 Å². The first-order chi connectivity index (χ1) is 14.5. The Morgan fingerprint density at radius 1 is 1.17 bits per heavy atom. The average Bonchev–Trinajstić information content (AvgIpc) is 2.71. The molecule has 0 aliphatic rings. The fourth-order valence-electron chi connectivity index (χ4n) is 2.89. The quantitative estimate of drug-likeness (QED) is 0.414. The molecule has 0 aliphatic carbocycles. The highest BCUT2D eigenvalue weighted by atomic mass is 32.2. The number of amides is 1. The zero-order valence-corrected chi connectivity index (χ0v) is 18.7. The second kappa shape index (κ2) is 12.1. The van der Waals surface area contributed by atoms with E-state index in [9.17, 15) is 9.18 Å². The van der Waals surface area contributed by atoms with Crippen LogP contribution in [0.15, 0.2) is 41.4 Å². The number of aliphatic imine (C=N–C) groups is 1. The molecule has 2 rings (SSSR count). The first-order valence-electron chi connectivity index (χ1n) is 9.69. The second-order valence-electron chi connectivity index (χ2n) is 6.61. The fourth-order valence-corrected chi connectivity index (χ4v) is 3.47. The molecule has 8 heteroatoms. The zero-order chi connectivity index (χ0) is 21.9. The van der Waals surface area contributed by atoms with Crippen molar-refractivity contribution in [2.24, 2.45) is 4.99 Å². The molecular formula is C22H29FN4O2S. The minimum absolute atomic E-state index is 0.163. The second-order valence-corrected chi connectivity index (χ2v) is 7.48. The van der Waals surface area contributed by atoms with E-state index in [2.05, 4.69) is 20.9 Å². The van der Waals surface area contributed by atoms with Gasteiger partial charge in [0.15, 0.2) is 5.96 Å². The van der Waals surface area contributed by atoms with Gasteiger partial charge in [-0.15, -0.1) is 0 Å². The number of ether oxygens (including phenoxy) is 1. The Morgan fingerprint density at radius 2 is 1.97 bits per heavy atom. The number of methoxy groups -OCH3 is 1. The maximum absolute atomic E-state index is 13.6. The van der Waals surface area contributed by atoms with Crippen LogP contribution in [0.2, 0.25) is 0 Å². The SMILES string of the molecule is CCNC(=NCc1ccc(OC)c(NC(C)=O)c1)NCc1ccc(F)cc1CSC. The molecule has 162 valence electrons. The Balaban J connectivity index is 2.12. The first kappa shape index (κ1) is 23.5. The molecule has 2 aromatic rings. The van der Waals surface area contributed by atoms with Crippen LogP contribution in [0.25, 0.3) is 0 Å². The number of hydrogen-bond acceptors (Lipinski definition) is 4. The molecule has 0 fully saturated rings. The molecule has 0 heterocycles. The van der Waals surface area contributed by atoms with Crippen molar-refractivity contribution in [1.29, 1.82) is 0 Å². The van der Waals surface area contributed by atoms with Crippen molar-refractivity contribution in [3.05, 3.63) is 58.9 Å².